The topological polar surface area (TPSA) is 25.8 Å². The highest BCUT2D eigenvalue weighted by molar-refractivity contribution is 6.33. The lowest BCUT2D eigenvalue weighted by molar-refractivity contribution is 1.03. The van der Waals surface area contributed by atoms with Crippen LogP contribution in [-0.2, 0) is 0 Å². The highest BCUT2D eigenvalue weighted by Crippen LogP contribution is 2.09. The van der Waals surface area contributed by atoms with Crippen molar-refractivity contribution in [2.45, 2.75) is 0 Å². The second kappa shape index (κ2) is 2.29. The van der Waals surface area contributed by atoms with Crippen LogP contribution >= 0.6 is 23.2 Å². The fourth-order valence-electron chi connectivity index (χ4n) is 0.256. The first-order valence-corrected chi connectivity index (χ1v) is 2.53. The van der Waals surface area contributed by atoms with E-state index in [1.165, 1.54) is 0 Å². The first-order chi connectivity index (χ1) is 4.63. The minimum Gasteiger partial charge on any atom is -0.156 e. The van der Waals surface area contributed by atoms with Crippen LogP contribution in [0, 0.1) is 0 Å². The molecule has 42 valence electrons. The fourth-order valence-corrected chi connectivity index (χ4v) is 0.564. The smallest absolute Gasteiger partial charge is 0.153 e. The van der Waals surface area contributed by atoms with Crippen LogP contribution in [0.5, 0.6) is 0 Å². The Morgan fingerprint density at radius 3 is 3.00 bits per heavy atom. The van der Waals surface area contributed by atoms with Gasteiger partial charge in [0.2, 0.25) is 0 Å². The Bertz CT molecular complexity index is 239. The molecule has 4 heteroatoms. The monoisotopic (exact) mass is 150 g/mol. The van der Waals surface area contributed by atoms with E-state index in [-0.39, 0.29) is 22.4 Å². The van der Waals surface area contributed by atoms with Crippen molar-refractivity contribution in [2.24, 2.45) is 0 Å². The molecule has 8 heavy (non-hydrogen) atoms. The maximum absolute atomic E-state index is 7.10. The first-order valence-electron chi connectivity index (χ1n) is 2.78. The van der Waals surface area contributed by atoms with Gasteiger partial charge in [-0.25, -0.2) is 0 Å². The summed E-state index contributed by atoms with van der Waals surface area (Å²) in [6.45, 7) is 0. The summed E-state index contributed by atoms with van der Waals surface area (Å²) in [6.07, 6.45) is -0.226. The molecule has 0 aromatic carbocycles. The second-order valence-electron chi connectivity index (χ2n) is 1.04. The molecule has 0 fully saturated rings. The number of aromatic nitrogens is 2. The van der Waals surface area contributed by atoms with E-state index in [1.807, 2.05) is 0 Å². The lowest BCUT2D eigenvalue weighted by Crippen LogP contribution is -1.77. The molecule has 0 spiro atoms. The van der Waals surface area contributed by atoms with E-state index in [0.29, 0.717) is 0 Å². The van der Waals surface area contributed by atoms with Crippen molar-refractivity contribution >= 4 is 23.2 Å². The third kappa shape index (κ3) is 1.32. The van der Waals surface area contributed by atoms with Crippen LogP contribution in [0.3, 0.4) is 0 Å². The van der Waals surface area contributed by atoms with Crippen LogP contribution < -0.4 is 0 Å². The highest BCUT2D eigenvalue weighted by atomic mass is 35.5. The molecule has 1 aromatic heterocycles. The average molecular weight is 151 g/mol. The summed E-state index contributed by atoms with van der Waals surface area (Å²) in [5, 5.41) is 6.42. The minimum absolute atomic E-state index is 0.0694. The van der Waals surface area contributed by atoms with Gasteiger partial charge in [-0.05, 0) is 6.04 Å². The first kappa shape index (κ1) is 3.64. The van der Waals surface area contributed by atoms with Crippen molar-refractivity contribution in [2.75, 3.05) is 0 Å². The van der Waals surface area contributed by atoms with E-state index < -0.39 is 0 Å². The second-order valence-corrected chi connectivity index (χ2v) is 1.78. The zero-order valence-electron chi connectivity index (χ0n) is 5.65. The maximum atomic E-state index is 7.10. The molecule has 0 aliphatic heterocycles. The maximum Gasteiger partial charge on any atom is 0.153 e. The van der Waals surface area contributed by atoms with Crippen molar-refractivity contribution in [1.29, 1.82) is 0 Å². The minimum atomic E-state index is -0.226. The highest BCUT2D eigenvalue weighted by Gasteiger charge is 1.88. The molecule has 1 aromatic rings. The molecule has 0 atom stereocenters. The van der Waals surface area contributed by atoms with Crippen molar-refractivity contribution in [3.05, 3.63) is 22.4 Å². The Hall–Kier alpha value is -0.340. The van der Waals surface area contributed by atoms with Crippen molar-refractivity contribution in [1.82, 2.24) is 10.2 Å². The fraction of sp³-hybridized carbons (Fsp3) is 0. The Balaban J connectivity index is 3.34. The summed E-state index contributed by atoms with van der Waals surface area (Å²) >= 11 is 10.8. The molecule has 0 aliphatic rings. The number of hydrogen-bond acceptors (Lipinski definition) is 2. The largest absolute Gasteiger partial charge is 0.156 e. The van der Waals surface area contributed by atoms with Gasteiger partial charge in [0.25, 0.3) is 0 Å². The van der Waals surface area contributed by atoms with Gasteiger partial charge in [0, 0.05) is 0 Å². The van der Waals surface area contributed by atoms with E-state index >= 15 is 0 Å². The van der Waals surface area contributed by atoms with Gasteiger partial charge in [0.1, 0.15) is 0 Å². The Morgan fingerprint density at radius 1 is 1.62 bits per heavy atom. The van der Waals surface area contributed by atoms with Crippen LogP contribution in [0.1, 0.15) is 2.74 Å². The molecular weight excluding hydrogens is 147 g/mol. The molecule has 1 rings (SSSR count). The van der Waals surface area contributed by atoms with E-state index in [2.05, 4.69) is 10.2 Å². The van der Waals surface area contributed by atoms with Gasteiger partial charge >= 0.3 is 0 Å². The van der Waals surface area contributed by atoms with Crippen LogP contribution in [0.25, 0.3) is 0 Å². The third-order valence-corrected chi connectivity index (χ3v) is 0.848. The standard InChI is InChI=1S/C4H2Cl2N2/c5-3-1-4(6)8-7-2-3/h1-2H/i1D,2D. The molecule has 0 N–H and O–H groups in total. The molecule has 0 unspecified atom stereocenters. The SMILES string of the molecule is [2H]c1nnc(Cl)c([2H])c1Cl. The van der Waals surface area contributed by atoms with Gasteiger partial charge in [-0.1, -0.05) is 23.2 Å². The van der Waals surface area contributed by atoms with Gasteiger partial charge < -0.3 is 0 Å². The molecule has 0 amide bonds. The molecule has 0 bridgehead atoms. The summed E-state index contributed by atoms with van der Waals surface area (Å²) in [4.78, 5) is 0. The Morgan fingerprint density at radius 2 is 2.38 bits per heavy atom. The lowest BCUT2D eigenvalue weighted by Gasteiger charge is -1.84. The molecule has 0 aliphatic carbocycles. The van der Waals surface area contributed by atoms with Gasteiger partial charge in [-0.3, -0.25) is 0 Å². The number of hydrogen-bond donors (Lipinski definition) is 0. The van der Waals surface area contributed by atoms with E-state index in [4.69, 9.17) is 25.9 Å². The van der Waals surface area contributed by atoms with Gasteiger partial charge in [-0.15, -0.1) is 5.10 Å². The van der Waals surface area contributed by atoms with Gasteiger partial charge in [-0.2, -0.15) is 5.10 Å². The van der Waals surface area contributed by atoms with E-state index in [0.717, 1.165) is 0 Å². The molecule has 1 heterocycles. The molecule has 0 saturated heterocycles. The third-order valence-electron chi connectivity index (χ3n) is 0.499. The van der Waals surface area contributed by atoms with E-state index in [1.54, 1.807) is 0 Å². The lowest BCUT2D eigenvalue weighted by atomic mass is 10.6. The van der Waals surface area contributed by atoms with E-state index in [9.17, 15) is 0 Å². The summed E-state index contributed by atoms with van der Waals surface area (Å²) in [5.74, 6) is 0. The van der Waals surface area contributed by atoms with Crippen LogP contribution in [0.15, 0.2) is 12.2 Å². The summed E-state index contributed by atoms with van der Waals surface area (Å²) in [5.41, 5.74) is 0. The predicted molar refractivity (Wildman–Crippen MR) is 32.1 cm³/mol. The number of rotatable bonds is 0. The van der Waals surface area contributed by atoms with Crippen molar-refractivity contribution in [3.8, 4) is 0 Å². The van der Waals surface area contributed by atoms with Gasteiger partial charge in [0.15, 0.2) is 5.15 Å². The van der Waals surface area contributed by atoms with Crippen LogP contribution in [0.4, 0.5) is 0 Å². The number of nitrogens with zero attached hydrogens (tertiary/aromatic N) is 2. The zero-order chi connectivity index (χ0) is 7.72. The molecule has 0 saturated carbocycles. The normalized spacial score (nSPS) is 12.8. The summed E-state index contributed by atoms with van der Waals surface area (Å²) in [7, 11) is 0. The predicted octanol–water partition coefficient (Wildman–Crippen LogP) is 1.78. The Kier molecular flexibility index (Phi) is 1.04. The Labute approximate surface area is 59.3 Å². The molecule has 0 radical (unpaired) electrons. The molecular formula is C4H2Cl2N2. The average Bonchev–Trinajstić information content (AvgIpc) is 1.93. The summed E-state index contributed by atoms with van der Waals surface area (Å²) in [6, 6.07) is -0.150. The number of halogens is 2. The van der Waals surface area contributed by atoms with Gasteiger partial charge in [0.05, 0.1) is 13.9 Å². The van der Waals surface area contributed by atoms with Crippen molar-refractivity contribution in [3.63, 3.8) is 0 Å². The summed E-state index contributed by atoms with van der Waals surface area (Å²) < 4.78 is 14.1. The quantitative estimate of drug-likeness (QED) is 0.564. The van der Waals surface area contributed by atoms with Crippen LogP contribution in [-0.4, -0.2) is 10.2 Å². The van der Waals surface area contributed by atoms with Crippen LogP contribution in [0.2, 0.25) is 10.2 Å². The zero-order valence-corrected chi connectivity index (χ0v) is 5.16. The molecule has 2 nitrogen and oxygen atoms in total. The van der Waals surface area contributed by atoms with Crippen molar-refractivity contribution < 1.29 is 2.74 Å².